The molecular weight excluding hydrogens is 701 g/mol. The van der Waals surface area contributed by atoms with Crippen LogP contribution in [-0.4, -0.2) is 102 Å². The Morgan fingerprint density at radius 1 is 0.800 bits per heavy atom. The van der Waals surface area contributed by atoms with Crippen LogP contribution in [0.15, 0.2) is 79.0 Å². The topological polar surface area (TPSA) is 174 Å². The Balaban J connectivity index is 0.915. The van der Waals surface area contributed by atoms with Gasteiger partial charge in [-0.2, -0.15) is 0 Å². The normalized spacial score (nSPS) is 17.5. The number of piperazine rings is 1. The SMILES string of the molecule is CC1CN(C(=O)c2ccccc2)CCN1C(=O)C(=O)c1c[nH]c2c(NC(=O)NCCCCNC(=O)Nc3ccc(B4OC(C)(C)C(C)(C)O4)cc3)cccc12. The molecule has 2 aliphatic rings. The number of Topliss-reactive ketones (excluding diaryl/α,β-unsaturated/α-hetero) is 1. The molecule has 3 heterocycles. The van der Waals surface area contributed by atoms with E-state index in [9.17, 15) is 24.0 Å². The third-order valence-electron chi connectivity index (χ3n) is 10.5. The summed E-state index contributed by atoms with van der Waals surface area (Å²) in [5.74, 6) is -1.42. The van der Waals surface area contributed by atoms with E-state index in [0.717, 1.165) is 5.46 Å². The van der Waals surface area contributed by atoms with Crippen LogP contribution < -0.4 is 26.7 Å². The van der Waals surface area contributed by atoms with E-state index >= 15 is 0 Å². The van der Waals surface area contributed by atoms with Crippen LogP contribution >= 0.6 is 0 Å². The maximum absolute atomic E-state index is 13.5. The molecule has 5 N–H and O–H groups in total. The second-order valence-corrected chi connectivity index (χ2v) is 14.9. The lowest BCUT2D eigenvalue weighted by atomic mass is 9.79. The number of urea groups is 2. The fourth-order valence-corrected chi connectivity index (χ4v) is 6.60. The molecule has 0 aliphatic carbocycles. The Bertz CT molecular complexity index is 2040. The van der Waals surface area contributed by atoms with Crippen LogP contribution in [0.1, 0.15) is 68.2 Å². The molecule has 3 aromatic carbocycles. The summed E-state index contributed by atoms with van der Waals surface area (Å²) in [5.41, 5.74) is 2.38. The van der Waals surface area contributed by atoms with Gasteiger partial charge in [-0.05, 0) is 83.3 Å². The van der Waals surface area contributed by atoms with Gasteiger partial charge in [0.05, 0.1) is 28.0 Å². The van der Waals surface area contributed by atoms with Gasteiger partial charge in [0.15, 0.2) is 0 Å². The zero-order valence-electron chi connectivity index (χ0n) is 31.9. The van der Waals surface area contributed by atoms with Crippen molar-refractivity contribution in [2.24, 2.45) is 0 Å². The van der Waals surface area contributed by atoms with Gasteiger partial charge in [-0.15, -0.1) is 0 Å². The van der Waals surface area contributed by atoms with E-state index in [-0.39, 0.29) is 30.1 Å². The molecule has 6 amide bonds. The Morgan fingerprint density at radius 3 is 2.07 bits per heavy atom. The van der Waals surface area contributed by atoms with Crippen LogP contribution in [0.2, 0.25) is 0 Å². The number of unbranched alkanes of at least 4 members (excludes halogenated alkanes) is 1. The highest BCUT2D eigenvalue weighted by Gasteiger charge is 2.51. The molecule has 0 radical (unpaired) electrons. The lowest BCUT2D eigenvalue weighted by molar-refractivity contribution is -0.130. The summed E-state index contributed by atoms with van der Waals surface area (Å²) in [5, 5.41) is 11.8. The van der Waals surface area contributed by atoms with Crippen molar-refractivity contribution in [1.82, 2.24) is 25.4 Å². The molecule has 0 spiro atoms. The summed E-state index contributed by atoms with van der Waals surface area (Å²) in [6, 6.07) is 20.3. The number of benzene rings is 3. The summed E-state index contributed by atoms with van der Waals surface area (Å²) >= 11 is 0. The van der Waals surface area contributed by atoms with Crippen molar-refractivity contribution in [2.45, 2.75) is 64.7 Å². The average Bonchev–Trinajstić information content (AvgIpc) is 3.69. The number of rotatable bonds is 11. The minimum absolute atomic E-state index is 0.109. The average molecular weight is 750 g/mol. The molecule has 14 nitrogen and oxygen atoms in total. The third kappa shape index (κ3) is 8.84. The molecule has 55 heavy (non-hydrogen) atoms. The van der Waals surface area contributed by atoms with Crippen molar-refractivity contribution < 1.29 is 33.3 Å². The second kappa shape index (κ2) is 16.4. The number of anilines is 2. The smallest absolute Gasteiger partial charge is 0.399 e. The van der Waals surface area contributed by atoms with Gasteiger partial charge < -0.3 is 45.4 Å². The fourth-order valence-electron chi connectivity index (χ4n) is 6.60. The Morgan fingerprint density at radius 2 is 1.44 bits per heavy atom. The molecule has 1 unspecified atom stereocenters. The predicted molar refractivity (Wildman–Crippen MR) is 212 cm³/mol. The van der Waals surface area contributed by atoms with Crippen LogP contribution in [-0.2, 0) is 14.1 Å². The van der Waals surface area contributed by atoms with Crippen molar-refractivity contribution >= 4 is 64.5 Å². The first-order valence-electron chi connectivity index (χ1n) is 18.6. The van der Waals surface area contributed by atoms with Crippen LogP contribution in [0.25, 0.3) is 10.9 Å². The molecule has 4 aromatic rings. The monoisotopic (exact) mass is 749 g/mol. The van der Waals surface area contributed by atoms with Crippen LogP contribution in [0.5, 0.6) is 0 Å². The number of aromatic nitrogens is 1. The molecule has 288 valence electrons. The lowest BCUT2D eigenvalue weighted by Crippen LogP contribution is -2.56. The first-order valence-corrected chi connectivity index (χ1v) is 18.6. The molecule has 6 rings (SSSR count). The van der Waals surface area contributed by atoms with E-state index in [1.807, 2.05) is 52.8 Å². The van der Waals surface area contributed by atoms with E-state index < -0.39 is 36.0 Å². The van der Waals surface area contributed by atoms with E-state index in [0.29, 0.717) is 66.9 Å². The number of aromatic amines is 1. The number of amides is 6. The molecule has 2 fully saturated rings. The van der Waals surface area contributed by atoms with Crippen LogP contribution in [0.4, 0.5) is 21.0 Å². The lowest BCUT2D eigenvalue weighted by Gasteiger charge is -2.39. The van der Waals surface area contributed by atoms with Crippen LogP contribution in [0.3, 0.4) is 0 Å². The van der Waals surface area contributed by atoms with Crippen molar-refractivity contribution in [3.8, 4) is 0 Å². The van der Waals surface area contributed by atoms with Gasteiger partial charge in [-0.1, -0.05) is 42.5 Å². The number of carbonyl (C=O) groups is 5. The summed E-state index contributed by atoms with van der Waals surface area (Å²) < 4.78 is 12.2. The van der Waals surface area contributed by atoms with Gasteiger partial charge in [0, 0.05) is 61.6 Å². The highest BCUT2D eigenvalue weighted by molar-refractivity contribution is 6.62. The van der Waals surface area contributed by atoms with Crippen molar-refractivity contribution in [2.75, 3.05) is 43.4 Å². The molecule has 1 atom stereocenters. The first-order chi connectivity index (χ1) is 26.2. The third-order valence-corrected chi connectivity index (χ3v) is 10.5. The van der Waals surface area contributed by atoms with Gasteiger partial charge in [0.1, 0.15) is 0 Å². The van der Waals surface area contributed by atoms with E-state index in [4.69, 9.17) is 9.31 Å². The number of hydrogen-bond acceptors (Lipinski definition) is 7. The highest BCUT2D eigenvalue weighted by Crippen LogP contribution is 2.36. The number of para-hydroxylation sites is 1. The Labute approximate surface area is 320 Å². The molecule has 0 saturated carbocycles. The molecule has 15 heteroatoms. The Hall–Kier alpha value is -5.67. The highest BCUT2D eigenvalue weighted by atomic mass is 16.7. The first kappa shape index (κ1) is 39.0. The summed E-state index contributed by atoms with van der Waals surface area (Å²) in [4.78, 5) is 71.2. The van der Waals surface area contributed by atoms with Crippen molar-refractivity contribution in [3.63, 3.8) is 0 Å². The number of nitrogens with one attached hydrogen (secondary N) is 5. The summed E-state index contributed by atoms with van der Waals surface area (Å²) in [6.07, 6.45) is 2.74. The second-order valence-electron chi connectivity index (χ2n) is 14.9. The zero-order valence-corrected chi connectivity index (χ0v) is 31.9. The number of ketones is 1. The number of carbonyl (C=O) groups excluding carboxylic acids is 5. The standard InChI is InChI=1S/C40H48BN7O7/c1-26-25-47(35(50)27-12-7-6-8-13-27)22-23-48(26)36(51)34(49)31-24-44-33-30(31)14-11-15-32(33)46-38(53)43-21-10-9-20-42-37(52)45-29-18-16-28(17-19-29)41-54-39(2,3)40(4,5)55-41/h6-8,11-19,24,26,44H,9-10,20-23,25H2,1-5H3,(H2,42,45,52)(H2,43,46,53). The molecule has 2 saturated heterocycles. The van der Waals surface area contributed by atoms with Gasteiger partial charge in [0.2, 0.25) is 0 Å². The van der Waals surface area contributed by atoms with Gasteiger partial charge in [-0.3, -0.25) is 14.4 Å². The largest absolute Gasteiger partial charge is 0.494 e. The molecule has 1 aromatic heterocycles. The fraction of sp³-hybridized carbons (Fsp3) is 0.375. The van der Waals surface area contributed by atoms with E-state index in [1.54, 1.807) is 59.5 Å². The van der Waals surface area contributed by atoms with Gasteiger partial charge >= 0.3 is 19.2 Å². The zero-order chi connectivity index (χ0) is 39.3. The number of H-pyrrole nitrogens is 1. The van der Waals surface area contributed by atoms with Gasteiger partial charge in [-0.25, -0.2) is 9.59 Å². The van der Waals surface area contributed by atoms with Crippen molar-refractivity contribution in [3.05, 3.63) is 90.1 Å². The number of hydrogen-bond donors (Lipinski definition) is 5. The summed E-state index contributed by atoms with van der Waals surface area (Å²) in [6.45, 7) is 11.5. The van der Waals surface area contributed by atoms with E-state index in [1.165, 1.54) is 11.1 Å². The number of fused-ring (bicyclic) bond motifs is 1. The van der Waals surface area contributed by atoms with E-state index in [2.05, 4.69) is 26.3 Å². The molecular formula is C40H48BN7O7. The predicted octanol–water partition coefficient (Wildman–Crippen LogP) is 4.75. The minimum Gasteiger partial charge on any atom is -0.399 e. The maximum Gasteiger partial charge on any atom is 0.494 e. The van der Waals surface area contributed by atoms with Gasteiger partial charge in [0.25, 0.3) is 17.6 Å². The molecule has 2 aliphatic heterocycles. The van der Waals surface area contributed by atoms with Crippen molar-refractivity contribution in [1.29, 1.82) is 0 Å². The Kier molecular flexibility index (Phi) is 11.6. The summed E-state index contributed by atoms with van der Waals surface area (Å²) in [7, 11) is -0.477. The maximum atomic E-state index is 13.5. The molecule has 0 bridgehead atoms. The number of nitrogens with zero attached hydrogens (tertiary/aromatic N) is 2. The quantitative estimate of drug-likeness (QED) is 0.0637. The minimum atomic E-state index is -0.666. The van der Waals surface area contributed by atoms with Crippen LogP contribution in [0, 0.1) is 0 Å².